The van der Waals surface area contributed by atoms with Crippen molar-refractivity contribution < 1.29 is 19.4 Å². The molecule has 2 amide bonds. The molecule has 2 heterocycles. The van der Waals surface area contributed by atoms with E-state index >= 15 is 0 Å². The number of nitrogens with one attached hydrogen (secondary N) is 1. The van der Waals surface area contributed by atoms with Gasteiger partial charge in [0.1, 0.15) is 18.1 Å². The highest BCUT2D eigenvalue weighted by Crippen LogP contribution is 2.37. The maximum atomic E-state index is 12.1. The van der Waals surface area contributed by atoms with Crippen LogP contribution in [0.2, 0.25) is 0 Å². The van der Waals surface area contributed by atoms with Crippen molar-refractivity contribution >= 4 is 11.8 Å². The summed E-state index contributed by atoms with van der Waals surface area (Å²) in [6.07, 6.45) is 4.13. The molecule has 0 bridgehead atoms. The van der Waals surface area contributed by atoms with Crippen molar-refractivity contribution in [2.24, 2.45) is 5.73 Å². The van der Waals surface area contributed by atoms with Crippen LogP contribution in [-0.4, -0.2) is 40.0 Å². The number of carbonyl (C=O) groups excluding carboxylic acids is 2. The van der Waals surface area contributed by atoms with Crippen molar-refractivity contribution in [1.82, 2.24) is 10.2 Å². The van der Waals surface area contributed by atoms with Gasteiger partial charge in [0, 0.05) is 24.6 Å². The summed E-state index contributed by atoms with van der Waals surface area (Å²) in [4.78, 5) is 25.2. The number of hydrogen-bond acceptors (Lipinski definition) is 6. The molecule has 1 aromatic rings. The highest BCUT2D eigenvalue weighted by molar-refractivity contribution is 6.00. The van der Waals surface area contributed by atoms with Crippen LogP contribution < -0.4 is 15.8 Å². The quantitative estimate of drug-likeness (QED) is 0.694. The lowest BCUT2D eigenvalue weighted by Gasteiger charge is -2.31. The molecule has 1 aromatic carbocycles. The Morgan fingerprint density at radius 3 is 2.77 bits per heavy atom. The maximum Gasteiger partial charge on any atom is 0.244 e. The molecule has 1 aliphatic carbocycles. The predicted molar refractivity (Wildman–Crippen MR) is 94.0 cm³/mol. The van der Waals surface area contributed by atoms with Crippen LogP contribution in [0.4, 0.5) is 0 Å². The van der Waals surface area contributed by atoms with Gasteiger partial charge >= 0.3 is 0 Å². The number of fused-ring (bicyclic) bond motifs is 1. The Kier molecular flexibility index (Phi) is 4.69. The minimum Gasteiger partial charge on any atom is -0.489 e. The zero-order valence-electron chi connectivity index (χ0n) is 14.7. The third-order valence-corrected chi connectivity index (χ3v) is 5.71. The molecule has 4 rings (SSSR count). The predicted octanol–water partition coefficient (Wildman–Crippen LogP) is 0.947. The summed E-state index contributed by atoms with van der Waals surface area (Å²) >= 11 is 0. The van der Waals surface area contributed by atoms with Crippen molar-refractivity contribution in [3.05, 3.63) is 29.3 Å². The monoisotopic (exact) mass is 359 g/mol. The summed E-state index contributed by atoms with van der Waals surface area (Å²) in [7, 11) is 0. The highest BCUT2D eigenvalue weighted by atomic mass is 16.5. The molecule has 2 fully saturated rings. The average Bonchev–Trinajstić information content (AvgIpc) is 2.93. The summed E-state index contributed by atoms with van der Waals surface area (Å²) in [6.45, 7) is 0.455. The van der Waals surface area contributed by atoms with Crippen LogP contribution >= 0.6 is 0 Å². The Bertz CT molecular complexity index is 723. The second-order valence-corrected chi connectivity index (χ2v) is 7.48. The number of piperidine rings is 1. The van der Waals surface area contributed by atoms with Crippen LogP contribution in [0.15, 0.2) is 18.2 Å². The molecule has 0 spiro atoms. The number of nitrogens with two attached hydrogens (primary N) is 1. The zero-order chi connectivity index (χ0) is 18.3. The highest BCUT2D eigenvalue weighted by Gasteiger charge is 2.39. The van der Waals surface area contributed by atoms with Gasteiger partial charge in [-0.1, -0.05) is 12.5 Å². The molecule has 26 heavy (non-hydrogen) atoms. The van der Waals surface area contributed by atoms with E-state index in [0.717, 1.165) is 42.6 Å². The van der Waals surface area contributed by atoms with Gasteiger partial charge in [0.15, 0.2) is 0 Å². The minimum atomic E-state index is -0.847. The van der Waals surface area contributed by atoms with Gasteiger partial charge in [0.2, 0.25) is 11.8 Å². The van der Waals surface area contributed by atoms with Gasteiger partial charge in [-0.15, -0.1) is 0 Å². The molecule has 0 aromatic heterocycles. The second-order valence-electron chi connectivity index (χ2n) is 7.48. The van der Waals surface area contributed by atoms with Gasteiger partial charge in [0.25, 0.3) is 0 Å². The second kappa shape index (κ2) is 6.98. The smallest absolute Gasteiger partial charge is 0.244 e. The van der Waals surface area contributed by atoms with Crippen LogP contribution in [0.1, 0.15) is 55.9 Å². The fourth-order valence-corrected chi connectivity index (χ4v) is 4.23. The lowest BCUT2D eigenvalue weighted by molar-refractivity contribution is -0.141. The number of aliphatic hydroxyl groups excluding tert-OH is 1. The Hall–Kier alpha value is -1.96. The largest absolute Gasteiger partial charge is 0.489 e. The molecule has 1 saturated heterocycles. The maximum absolute atomic E-state index is 12.1. The first-order chi connectivity index (χ1) is 12.5. The normalized spacial score (nSPS) is 32.2. The van der Waals surface area contributed by atoms with Gasteiger partial charge < -0.3 is 15.6 Å². The summed E-state index contributed by atoms with van der Waals surface area (Å²) in [5, 5.41) is 13.0. The number of aliphatic hydroxyl groups is 1. The molecule has 2 aliphatic heterocycles. The van der Waals surface area contributed by atoms with Crippen LogP contribution in [0.25, 0.3) is 0 Å². The number of imide groups is 1. The zero-order valence-corrected chi connectivity index (χ0v) is 14.7. The fraction of sp³-hybridized carbons (Fsp3) is 0.579. The van der Waals surface area contributed by atoms with E-state index in [-0.39, 0.29) is 24.0 Å². The van der Waals surface area contributed by atoms with Gasteiger partial charge in [-0.3, -0.25) is 19.8 Å². The number of hydrogen-bond donors (Lipinski definition) is 3. The molecule has 7 heteroatoms. The van der Waals surface area contributed by atoms with Gasteiger partial charge in [-0.2, -0.15) is 0 Å². The van der Waals surface area contributed by atoms with E-state index in [0.29, 0.717) is 19.4 Å². The standard InChI is InChI=1S/C19H25N3O4/c20-14-3-1-2-4-16(14)26-12-5-6-13-11(9-12)10-22(19(13)25)15-7-8-17(23)21-18(15)24/h5-6,9,14-16,19,25H,1-4,7-8,10,20H2,(H,21,23,24)/t14-,15?,16-,19?/m0/s1. The van der Waals surface area contributed by atoms with E-state index in [1.807, 2.05) is 18.2 Å². The molecular formula is C19H25N3O4. The van der Waals surface area contributed by atoms with E-state index in [9.17, 15) is 14.7 Å². The van der Waals surface area contributed by atoms with Crippen molar-refractivity contribution in [3.8, 4) is 5.75 Å². The molecule has 4 atom stereocenters. The summed E-state index contributed by atoms with van der Waals surface area (Å²) in [5.74, 6) is 0.165. The fourth-order valence-electron chi connectivity index (χ4n) is 4.23. The lowest BCUT2D eigenvalue weighted by Crippen LogP contribution is -2.51. The first-order valence-electron chi connectivity index (χ1n) is 9.35. The first kappa shape index (κ1) is 17.5. The molecule has 2 unspecified atom stereocenters. The molecule has 4 N–H and O–H groups in total. The SMILES string of the molecule is N[C@H]1CCCC[C@@H]1Oc1ccc2c(c1)CN(C1CCC(=O)NC1=O)C2O. The molecule has 7 nitrogen and oxygen atoms in total. The van der Waals surface area contributed by atoms with E-state index in [2.05, 4.69) is 5.32 Å². The van der Waals surface area contributed by atoms with Crippen LogP contribution in [0.5, 0.6) is 5.75 Å². The van der Waals surface area contributed by atoms with E-state index in [1.165, 1.54) is 0 Å². The third kappa shape index (κ3) is 3.22. The van der Waals surface area contributed by atoms with Crippen molar-refractivity contribution in [2.45, 2.75) is 69.5 Å². The van der Waals surface area contributed by atoms with Crippen molar-refractivity contribution in [2.75, 3.05) is 0 Å². The Labute approximate surface area is 152 Å². The minimum absolute atomic E-state index is 0.0272. The molecule has 1 saturated carbocycles. The van der Waals surface area contributed by atoms with E-state index < -0.39 is 12.3 Å². The number of benzene rings is 1. The van der Waals surface area contributed by atoms with Gasteiger partial charge in [0.05, 0.1) is 6.04 Å². The topological polar surface area (TPSA) is 105 Å². The Morgan fingerprint density at radius 2 is 2.00 bits per heavy atom. The molecular weight excluding hydrogens is 334 g/mol. The molecule has 140 valence electrons. The first-order valence-corrected chi connectivity index (χ1v) is 9.35. The molecule has 0 radical (unpaired) electrons. The summed E-state index contributed by atoms with van der Waals surface area (Å²) in [6, 6.07) is 5.22. The summed E-state index contributed by atoms with van der Waals surface area (Å²) < 4.78 is 6.09. The number of amides is 2. The summed E-state index contributed by atoms with van der Waals surface area (Å²) in [5.41, 5.74) is 7.90. The Balaban J connectivity index is 1.48. The number of carbonyl (C=O) groups is 2. The van der Waals surface area contributed by atoms with Gasteiger partial charge in [-0.05, 0) is 43.4 Å². The van der Waals surface area contributed by atoms with E-state index in [4.69, 9.17) is 10.5 Å². The van der Waals surface area contributed by atoms with Crippen molar-refractivity contribution in [3.63, 3.8) is 0 Å². The third-order valence-electron chi connectivity index (χ3n) is 5.71. The lowest BCUT2D eigenvalue weighted by atomic mass is 9.93. The van der Waals surface area contributed by atoms with Crippen LogP contribution in [-0.2, 0) is 16.1 Å². The van der Waals surface area contributed by atoms with Gasteiger partial charge in [-0.25, -0.2) is 0 Å². The number of ether oxygens (including phenoxy) is 1. The van der Waals surface area contributed by atoms with Crippen LogP contribution in [0, 0.1) is 0 Å². The average molecular weight is 359 g/mol. The number of nitrogens with zero attached hydrogens (tertiary/aromatic N) is 1. The number of rotatable bonds is 3. The Morgan fingerprint density at radius 1 is 1.19 bits per heavy atom. The van der Waals surface area contributed by atoms with Crippen LogP contribution in [0.3, 0.4) is 0 Å². The van der Waals surface area contributed by atoms with E-state index in [1.54, 1.807) is 4.90 Å². The molecule has 3 aliphatic rings. The van der Waals surface area contributed by atoms with Crippen molar-refractivity contribution in [1.29, 1.82) is 0 Å².